The maximum atomic E-state index is 9.76. The Kier molecular flexibility index (Phi) is 8.08. The molecule has 3 unspecified atom stereocenters. The first-order valence-corrected chi connectivity index (χ1v) is 8.66. The molecular weight excluding hydrogens is 248 g/mol. The van der Waals surface area contributed by atoms with Gasteiger partial charge in [-0.05, 0) is 64.5 Å². The van der Waals surface area contributed by atoms with Crippen LogP contribution in [0.15, 0.2) is 0 Å². The number of rotatable bonds is 9. The molecule has 1 heterocycles. The Bertz CT molecular complexity index is 253. The van der Waals surface area contributed by atoms with Gasteiger partial charge in [0.2, 0.25) is 0 Å². The second-order valence-corrected chi connectivity index (χ2v) is 6.85. The lowest BCUT2D eigenvalue weighted by molar-refractivity contribution is 0.106. The van der Waals surface area contributed by atoms with Gasteiger partial charge in [-0.2, -0.15) is 0 Å². The van der Waals surface area contributed by atoms with Crippen molar-refractivity contribution in [2.75, 3.05) is 26.2 Å². The van der Waals surface area contributed by atoms with Crippen molar-refractivity contribution in [3.05, 3.63) is 0 Å². The fraction of sp³-hybridized carbons (Fsp3) is 1.00. The van der Waals surface area contributed by atoms with E-state index in [9.17, 15) is 5.11 Å². The van der Waals surface area contributed by atoms with Crippen LogP contribution in [0.5, 0.6) is 0 Å². The molecule has 0 radical (unpaired) electrons. The van der Waals surface area contributed by atoms with Gasteiger partial charge in [-0.1, -0.05) is 20.8 Å². The van der Waals surface area contributed by atoms with E-state index in [1.54, 1.807) is 0 Å². The van der Waals surface area contributed by atoms with Crippen molar-refractivity contribution in [1.82, 2.24) is 10.2 Å². The summed E-state index contributed by atoms with van der Waals surface area (Å²) in [5, 5.41) is 13.3. The van der Waals surface area contributed by atoms with Crippen molar-refractivity contribution in [3.63, 3.8) is 0 Å². The molecule has 0 saturated carbocycles. The summed E-state index contributed by atoms with van der Waals surface area (Å²) in [5.41, 5.74) is -0.0549. The average Bonchev–Trinajstić information content (AvgIpc) is 2.46. The van der Waals surface area contributed by atoms with Gasteiger partial charge >= 0.3 is 0 Å². The monoisotopic (exact) mass is 284 g/mol. The summed E-state index contributed by atoms with van der Waals surface area (Å²) >= 11 is 0. The Hall–Kier alpha value is -0.120. The van der Waals surface area contributed by atoms with Crippen LogP contribution in [-0.4, -0.2) is 47.8 Å². The average molecular weight is 284 g/mol. The molecule has 1 aliphatic rings. The fourth-order valence-corrected chi connectivity index (χ4v) is 3.34. The Morgan fingerprint density at radius 2 is 2.00 bits per heavy atom. The van der Waals surface area contributed by atoms with E-state index >= 15 is 0 Å². The van der Waals surface area contributed by atoms with E-state index in [-0.39, 0.29) is 12.1 Å². The van der Waals surface area contributed by atoms with E-state index in [2.05, 4.69) is 37.9 Å². The van der Waals surface area contributed by atoms with Crippen LogP contribution in [-0.2, 0) is 0 Å². The molecule has 0 aromatic heterocycles. The van der Waals surface area contributed by atoms with Gasteiger partial charge in [-0.3, -0.25) is 0 Å². The van der Waals surface area contributed by atoms with E-state index < -0.39 is 0 Å². The SMILES string of the molecule is CCCNC(CC)(CO)CCCN1CC(C)CCC1C. The number of hydrogen-bond acceptors (Lipinski definition) is 3. The molecule has 0 aromatic carbocycles. The molecule has 20 heavy (non-hydrogen) atoms. The molecule has 0 spiro atoms. The molecule has 3 heteroatoms. The molecule has 3 atom stereocenters. The minimum Gasteiger partial charge on any atom is -0.394 e. The summed E-state index contributed by atoms with van der Waals surface area (Å²) in [7, 11) is 0. The normalized spacial score (nSPS) is 27.4. The molecule has 1 rings (SSSR count). The van der Waals surface area contributed by atoms with Gasteiger partial charge in [0.15, 0.2) is 0 Å². The number of nitrogens with one attached hydrogen (secondary N) is 1. The van der Waals surface area contributed by atoms with Gasteiger partial charge in [0, 0.05) is 18.1 Å². The van der Waals surface area contributed by atoms with Gasteiger partial charge in [-0.15, -0.1) is 0 Å². The first-order valence-electron chi connectivity index (χ1n) is 8.66. The summed E-state index contributed by atoms with van der Waals surface area (Å²) in [4.78, 5) is 2.64. The van der Waals surface area contributed by atoms with Crippen molar-refractivity contribution < 1.29 is 5.11 Å². The van der Waals surface area contributed by atoms with E-state index in [1.165, 1.54) is 32.4 Å². The highest BCUT2D eigenvalue weighted by Gasteiger charge is 2.27. The zero-order valence-corrected chi connectivity index (χ0v) is 14.1. The van der Waals surface area contributed by atoms with Crippen LogP contribution in [0, 0.1) is 5.92 Å². The summed E-state index contributed by atoms with van der Waals surface area (Å²) < 4.78 is 0. The number of aliphatic hydroxyl groups is 1. The van der Waals surface area contributed by atoms with Gasteiger partial charge in [-0.25, -0.2) is 0 Å². The van der Waals surface area contributed by atoms with E-state index in [0.29, 0.717) is 0 Å². The van der Waals surface area contributed by atoms with Crippen LogP contribution in [0.25, 0.3) is 0 Å². The van der Waals surface area contributed by atoms with Crippen molar-refractivity contribution >= 4 is 0 Å². The third-order valence-electron chi connectivity index (χ3n) is 5.08. The summed E-state index contributed by atoms with van der Waals surface area (Å²) in [6.07, 6.45) is 7.12. The van der Waals surface area contributed by atoms with E-state index in [0.717, 1.165) is 37.8 Å². The third-order valence-corrected chi connectivity index (χ3v) is 5.08. The lowest BCUT2D eigenvalue weighted by atomic mass is 9.90. The zero-order valence-electron chi connectivity index (χ0n) is 14.1. The van der Waals surface area contributed by atoms with Gasteiger partial charge in [0.1, 0.15) is 0 Å². The molecular formula is C17H36N2O. The number of piperidine rings is 1. The quantitative estimate of drug-likeness (QED) is 0.683. The van der Waals surface area contributed by atoms with Gasteiger partial charge < -0.3 is 15.3 Å². The van der Waals surface area contributed by atoms with Crippen LogP contribution in [0.2, 0.25) is 0 Å². The molecule has 120 valence electrons. The Morgan fingerprint density at radius 1 is 1.25 bits per heavy atom. The van der Waals surface area contributed by atoms with Crippen molar-refractivity contribution in [3.8, 4) is 0 Å². The standard InChI is InChI=1S/C17H36N2O/c1-5-11-18-17(6-2,14-20)10-7-12-19-13-15(3)8-9-16(19)4/h15-16,18,20H,5-14H2,1-4H3. The van der Waals surface area contributed by atoms with Gasteiger partial charge in [0.05, 0.1) is 6.61 Å². The zero-order chi connectivity index (χ0) is 15.0. The second-order valence-electron chi connectivity index (χ2n) is 6.85. The Labute approximate surface area is 126 Å². The molecule has 2 N–H and O–H groups in total. The van der Waals surface area contributed by atoms with Crippen LogP contribution in [0.3, 0.4) is 0 Å². The highest BCUT2D eigenvalue weighted by Crippen LogP contribution is 2.23. The molecule has 0 bridgehead atoms. The maximum Gasteiger partial charge on any atom is 0.0613 e. The Balaban J connectivity index is 2.39. The van der Waals surface area contributed by atoms with E-state index in [4.69, 9.17) is 0 Å². The molecule has 1 fully saturated rings. The number of hydrogen-bond donors (Lipinski definition) is 2. The number of nitrogens with zero attached hydrogens (tertiary/aromatic N) is 1. The second kappa shape index (κ2) is 9.01. The third kappa shape index (κ3) is 5.34. The first kappa shape index (κ1) is 17.9. The smallest absolute Gasteiger partial charge is 0.0613 e. The van der Waals surface area contributed by atoms with Crippen molar-refractivity contribution in [1.29, 1.82) is 0 Å². The van der Waals surface area contributed by atoms with Crippen LogP contribution < -0.4 is 5.32 Å². The largest absolute Gasteiger partial charge is 0.394 e. The lowest BCUT2D eigenvalue weighted by Crippen LogP contribution is -2.49. The summed E-state index contributed by atoms with van der Waals surface area (Å²) in [6.45, 7) is 12.8. The predicted octanol–water partition coefficient (Wildman–Crippen LogP) is 3.03. The molecule has 3 nitrogen and oxygen atoms in total. The highest BCUT2D eigenvalue weighted by molar-refractivity contribution is 4.87. The fourth-order valence-electron chi connectivity index (χ4n) is 3.34. The minimum atomic E-state index is -0.0549. The predicted molar refractivity (Wildman–Crippen MR) is 87.1 cm³/mol. The van der Waals surface area contributed by atoms with Crippen molar-refractivity contribution in [2.45, 2.75) is 77.8 Å². The first-order chi connectivity index (χ1) is 9.56. The molecule has 0 aromatic rings. The molecule has 0 aliphatic carbocycles. The number of likely N-dealkylation sites (tertiary alicyclic amines) is 1. The minimum absolute atomic E-state index is 0.0549. The summed E-state index contributed by atoms with van der Waals surface area (Å²) in [6, 6.07) is 0.736. The maximum absolute atomic E-state index is 9.76. The van der Waals surface area contributed by atoms with Crippen LogP contribution in [0.4, 0.5) is 0 Å². The van der Waals surface area contributed by atoms with Crippen LogP contribution >= 0.6 is 0 Å². The van der Waals surface area contributed by atoms with Crippen molar-refractivity contribution in [2.24, 2.45) is 5.92 Å². The van der Waals surface area contributed by atoms with Gasteiger partial charge in [0.25, 0.3) is 0 Å². The molecule has 1 aliphatic heterocycles. The Morgan fingerprint density at radius 3 is 2.60 bits per heavy atom. The molecule has 0 amide bonds. The van der Waals surface area contributed by atoms with E-state index in [1.807, 2.05) is 0 Å². The van der Waals surface area contributed by atoms with Crippen LogP contribution in [0.1, 0.15) is 66.2 Å². The lowest BCUT2D eigenvalue weighted by Gasteiger charge is -2.38. The molecule has 1 saturated heterocycles. The topological polar surface area (TPSA) is 35.5 Å². The summed E-state index contributed by atoms with van der Waals surface area (Å²) in [5.74, 6) is 0.846. The highest BCUT2D eigenvalue weighted by atomic mass is 16.3. The number of aliphatic hydroxyl groups excluding tert-OH is 1.